The highest BCUT2D eigenvalue weighted by Crippen LogP contribution is 2.46. The first-order valence-corrected chi connectivity index (χ1v) is 6.85. The second kappa shape index (κ2) is 3.91. The fourth-order valence-corrected chi connectivity index (χ4v) is 4.63. The predicted octanol–water partition coefficient (Wildman–Crippen LogP) is 2.28. The van der Waals surface area contributed by atoms with E-state index in [1.807, 2.05) is 13.2 Å². The topological polar surface area (TPSA) is 34.9 Å². The van der Waals surface area contributed by atoms with Crippen molar-refractivity contribution in [2.75, 3.05) is 0 Å². The van der Waals surface area contributed by atoms with Gasteiger partial charge in [0.15, 0.2) is 5.78 Å². The molecule has 2 aliphatic rings. The summed E-state index contributed by atoms with van der Waals surface area (Å²) in [5.41, 5.74) is 0.791. The average molecular weight is 236 g/mol. The zero-order valence-corrected chi connectivity index (χ0v) is 10.2. The molecule has 16 heavy (non-hydrogen) atoms. The smallest absolute Gasteiger partial charge is 0.169 e. The zero-order chi connectivity index (χ0) is 11.1. The summed E-state index contributed by atoms with van der Waals surface area (Å²) >= 11 is 2.10. The van der Waals surface area contributed by atoms with Gasteiger partial charge in [-0.1, -0.05) is 0 Å². The van der Waals surface area contributed by atoms with Crippen molar-refractivity contribution in [2.24, 2.45) is 13.0 Å². The van der Waals surface area contributed by atoms with Crippen LogP contribution in [0, 0.1) is 5.92 Å². The van der Waals surface area contributed by atoms with Crippen LogP contribution in [0.4, 0.5) is 0 Å². The Morgan fingerprint density at radius 1 is 1.44 bits per heavy atom. The number of aromatic nitrogens is 2. The van der Waals surface area contributed by atoms with E-state index in [1.54, 1.807) is 10.9 Å². The Labute approximate surface area is 99.6 Å². The van der Waals surface area contributed by atoms with Gasteiger partial charge in [-0.3, -0.25) is 9.48 Å². The molecule has 0 amide bonds. The highest BCUT2D eigenvalue weighted by Gasteiger charge is 2.38. The minimum absolute atomic E-state index is 0.253. The van der Waals surface area contributed by atoms with Crippen molar-refractivity contribution in [3.8, 4) is 0 Å². The van der Waals surface area contributed by atoms with Crippen LogP contribution in [-0.2, 0) is 7.05 Å². The van der Waals surface area contributed by atoms with E-state index >= 15 is 0 Å². The quantitative estimate of drug-likeness (QED) is 0.739. The van der Waals surface area contributed by atoms with Gasteiger partial charge in [0.25, 0.3) is 0 Å². The number of carbonyl (C=O) groups excluding carboxylic acids is 1. The third kappa shape index (κ3) is 1.79. The number of fused-ring (bicyclic) bond motifs is 2. The van der Waals surface area contributed by atoms with Gasteiger partial charge in [0.1, 0.15) is 0 Å². The molecular formula is C12H16N2OS. The molecule has 1 aromatic rings. The molecule has 0 aliphatic carbocycles. The fourth-order valence-electron chi connectivity index (χ4n) is 2.86. The summed E-state index contributed by atoms with van der Waals surface area (Å²) in [6, 6.07) is 0. The third-order valence-electron chi connectivity index (χ3n) is 3.65. The van der Waals surface area contributed by atoms with Crippen molar-refractivity contribution in [1.82, 2.24) is 9.78 Å². The number of thioether (sulfide) groups is 1. The molecule has 2 bridgehead atoms. The first-order valence-electron chi connectivity index (χ1n) is 5.90. The normalized spacial score (nSPS) is 32.9. The molecular weight excluding hydrogens is 220 g/mol. The molecule has 3 heterocycles. The molecule has 2 fully saturated rings. The maximum atomic E-state index is 12.3. The van der Waals surface area contributed by atoms with E-state index in [4.69, 9.17) is 0 Å². The van der Waals surface area contributed by atoms with Gasteiger partial charge in [-0.05, 0) is 25.7 Å². The van der Waals surface area contributed by atoms with Crippen LogP contribution in [0.2, 0.25) is 0 Å². The maximum Gasteiger partial charge on any atom is 0.169 e. The Bertz CT molecular complexity index is 403. The largest absolute Gasteiger partial charge is 0.294 e. The van der Waals surface area contributed by atoms with Crippen LogP contribution in [0.1, 0.15) is 36.0 Å². The molecule has 3 nitrogen and oxygen atoms in total. The van der Waals surface area contributed by atoms with Crippen LogP contribution in [0.5, 0.6) is 0 Å². The van der Waals surface area contributed by atoms with Gasteiger partial charge in [-0.15, -0.1) is 0 Å². The van der Waals surface area contributed by atoms with Crippen molar-refractivity contribution in [2.45, 2.75) is 36.2 Å². The number of carbonyl (C=O) groups is 1. The van der Waals surface area contributed by atoms with Gasteiger partial charge < -0.3 is 0 Å². The van der Waals surface area contributed by atoms with Gasteiger partial charge in [0.05, 0.1) is 11.8 Å². The molecule has 86 valence electrons. The van der Waals surface area contributed by atoms with Crippen LogP contribution in [-0.4, -0.2) is 26.1 Å². The van der Waals surface area contributed by atoms with Gasteiger partial charge >= 0.3 is 0 Å². The van der Waals surface area contributed by atoms with Gasteiger partial charge in [0.2, 0.25) is 0 Å². The summed E-state index contributed by atoms with van der Waals surface area (Å²) in [6.07, 6.45) is 8.32. The molecule has 2 saturated heterocycles. The van der Waals surface area contributed by atoms with E-state index < -0.39 is 0 Å². The lowest BCUT2D eigenvalue weighted by Crippen LogP contribution is -2.24. The monoisotopic (exact) mass is 236 g/mol. The lowest BCUT2D eigenvalue weighted by Gasteiger charge is -2.25. The van der Waals surface area contributed by atoms with Gasteiger partial charge in [0, 0.05) is 29.7 Å². The number of hydrogen-bond donors (Lipinski definition) is 0. The zero-order valence-electron chi connectivity index (χ0n) is 9.43. The molecule has 2 aliphatic heterocycles. The van der Waals surface area contributed by atoms with Crippen molar-refractivity contribution < 1.29 is 4.79 Å². The molecule has 0 N–H and O–H groups in total. The number of Topliss-reactive ketones (excluding diaryl/α,β-unsaturated/α-hetero) is 1. The number of ketones is 1. The third-order valence-corrected chi connectivity index (χ3v) is 5.28. The molecule has 1 aromatic heterocycles. The molecule has 3 rings (SSSR count). The van der Waals surface area contributed by atoms with Crippen LogP contribution < -0.4 is 0 Å². The molecule has 0 aromatic carbocycles. The lowest BCUT2D eigenvalue weighted by molar-refractivity contribution is 0.0907. The molecule has 0 spiro atoms. The van der Waals surface area contributed by atoms with E-state index in [-0.39, 0.29) is 5.92 Å². The lowest BCUT2D eigenvalue weighted by atomic mass is 9.92. The van der Waals surface area contributed by atoms with E-state index in [0.29, 0.717) is 5.78 Å². The summed E-state index contributed by atoms with van der Waals surface area (Å²) < 4.78 is 1.71. The summed E-state index contributed by atoms with van der Waals surface area (Å²) in [6.45, 7) is 0. The van der Waals surface area contributed by atoms with Crippen molar-refractivity contribution >= 4 is 17.5 Å². The van der Waals surface area contributed by atoms with Crippen molar-refractivity contribution in [3.05, 3.63) is 18.0 Å². The van der Waals surface area contributed by atoms with E-state index in [2.05, 4.69) is 16.9 Å². The second-order valence-electron chi connectivity index (χ2n) is 4.89. The minimum atomic E-state index is 0.253. The van der Waals surface area contributed by atoms with Crippen LogP contribution >= 0.6 is 11.8 Å². The number of rotatable bonds is 2. The first kappa shape index (κ1) is 10.4. The number of nitrogens with zero attached hydrogens (tertiary/aromatic N) is 2. The summed E-state index contributed by atoms with van der Waals surface area (Å²) in [5, 5.41) is 5.56. The Kier molecular flexibility index (Phi) is 2.54. The molecule has 2 atom stereocenters. The predicted molar refractivity (Wildman–Crippen MR) is 64.7 cm³/mol. The van der Waals surface area contributed by atoms with Crippen molar-refractivity contribution in [3.63, 3.8) is 0 Å². The summed E-state index contributed by atoms with van der Waals surface area (Å²) in [7, 11) is 1.86. The Balaban J connectivity index is 1.76. The van der Waals surface area contributed by atoms with E-state index in [1.165, 1.54) is 12.8 Å². The van der Waals surface area contributed by atoms with Gasteiger partial charge in [-0.25, -0.2) is 0 Å². The molecule has 0 saturated carbocycles. The summed E-state index contributed by atoms with van der Waals surface area (Å²) in [4.78, 5) is 12.3. The second-order valence-corrected chi connectivity index (χ2v) is 6.50. The fraction of sp³-hybridized carbons (Fsp3) is 0.667. The van der Waals surface area contributed by atoms with Crippen LogP contribution in [0.3, 0.4) is 0 Å². The standard InChI is InChI=1S/C12H16N2OS/c1-14-7-9(6-13-14)12(15)8-4-10-2-3-11(5-8)16-10/h6-8,10-11H,2-5H2,1H3. The SMILES string of the molecule is Cn1cc(C(=O)C2CC3CCC(C2)S3)cn1. The Morgan fingerprint density at radius 3 is 2.69 bits per heavy atom. The molecule has 0 radical (unpaired) electrons. The Morgan fingerprint density at radius 2 is 2.12 bits per heavy atom. The number of aryl methyl sites for hydroxylation is 1. The van der Waals surface area contributed by atoms with Crippen LogP contribution in [0.25, 0.3) is 0 Å². The molecule has 2 unspecified atom stereocenters. The highest BCUT2D eigenvalue weighted by molar-refractivity contribution is 8.00. The van der Waals surface area contributed by atoms with Crippen LogP contribution in [0.15, 0.2) is 12.4 Å². The highest BCUT2D eigenvalue weighted by atomic mass is 32.2. The van der Waals surface area contributed by atoms with Gasteiger partial charge in [-0.2, -0.15) is 16.9 Å². The van der Waals surface area contributed by atoms with Crippen molar-refractivity contribution in [1.29, 1.82) is 0 Å². The molecule has 4 heteroatoms. The number of hydrogen-bond acceptors (Lipinski definition) is 3. The minimum Gasteiger partial charge on any atom is -0.294 e. The maximum absolute atomic E-state index is 12.3. The first-order chi connectivity index (χ1) is 7.72. The Hall–Kier alpha value is -0.770. The average Bonchev–Trinajstić information content (AvgIpc) is 2.84. The van der Waals surface area contributed by atoms with E-state index in [9.17, 15) is 4.79 Å². The van der Waals surface area contributed by atoms with E-state index in [0.717, 1.165) is 28.9 Å². The summed E-state index contributed by atoms with van der Waals surface area (Å²) in [5.74, 6) is 0.563.